The Kier molecular flexibility index (Phi) is 5.58. The first-order valence-electron chi connectivity index (χ1n) is 8.09. The summed E-state index contributed by atoms with van der Waals surface area (Å²) in [7, 11) is 1.69. The molecule has 1 aromatic rings. The molecule has 22 heavy (non-hydrogen) atoms. The molecule has 0 bridgehead atoms. The average Bonchev–Trinajstić information content (AvgIpc) is 2.95. The number of likely N-dealkylation sites (tertiary alicyclic amines) is 1. The van der Waals surface area contributed by atoms with E-state index in [-0.39, 0.29) is 11.3 Å². The summed E-state index contributed by atoms with van der Waals surface area (Å²) >= 11 is 0. The number of hydrogen-bond donors (Lipinski definition) is 3. The van der Waals surface area contributed by atoms with E-state index < -0.39 is 0 Å². The Balaban J connectivity index is 1.78. The number of rotatable bonds is 5. The van der Waals surface area contributed by atoms with E-state index in [2.05, 4.69) is 46.5 Å². The number of likely N-dealkylation sites (N-methyl/N-ethyl adjacent to an activating group) is 1. The van der Waals surface area contributed by atoms with Gasteiger partial charge in [0.05, 0.1) is 12.7 Å². The first kappa shape index (κ1) is 17.0. The molecule has 3 N–H and O–H groups in total. The Labute approximate surface area is 133 Å². The van der Waals surface area contributed by atoms with E-state index in [0.29, 0.717) is 12.6 Å². The quantitative estimate of drug-likeness (QED) is 0.759. The number of nitrogens with zero attached hydrogens (tertiary/aromatic N) is 2. The van der Waals surface area contributed by atoms with Gasteiger partial charge in [-0.25, -0.2) is 0 Å². The molecule has 6 nitrogen and oxygen atoms in total. The molecule has 1 aromatic heterocycles. The molecular formula is C16H29N5O. The van der Waals surface area contributed by atoms with Crippen molar-refractivity contribution in [3.05, 3.63) is 17.5 Å². The number of nitrogens with one attached hydrogen (secondary N) is 3. The molecule has 6 heteroatoms. The topological polar surface area (TPSA) is 73.1 Å². The van der Waals surface area contributed by atoms with Crippen molar-refractivity contribution in [2.45, 2.75) is 51.6 Å². The number of H-pyrrole nitrogens is 1. The van der Waals surface area contributed by atoms with E-state index in [1.54, 1.807) is 7.05 Å². The number of aromatic nitrogens is 2. The molecule has 1 fully saturated rings. The molecule has 0 radical (unpaired) electrons. The van der Waals surface area contributed by atoms with Gasteiger partial charge in [0, 0.05) is 49.4 Å². The molecule has 1 aliphatic heterocycles. The lowest BCUT2D eigenvalue weighted by Gasteiger charge is -2.32. The molecule has 1 aliphatic rings. The van der Waals surface area contributed by atoms with Crippen LogP contribution in [-0.4, -0.2) is 53.7 Å². The third kappa shape index (κ3) is 4.55. The van der Waals surface area contributed by atoms with Gasteiger partial charge in [0.25, 0.3) is 0 Å². The van der Waals surface area contributed by atoms with E-state index in [0.717, 1.165) is 32.5 Å². The number of piperidine rings is 1. The van der Waals surface area contributed by atoms with Crippen LogP contribution < -0.4 is 10.6 Å². The van der Waals surface area contributed by atoms with E-state index in [1.165, 1.54) is 11.3 Å². The highest BCUT2D eigenvalue weighted by molar-refractivity contribution is 5.77. The standard InChI is InChI=1S/C16H29N5O/c1-16(2,3)15-12(10-19-20-15)9-18-13-5-7-21(8-6-13)11-14(22)17-4/h10,13,18H,5-9,11H2,1-4H3,(H,17,22)(H,19,20). The van der Waals surface area contributed by atoms with Crippen LogP contribution in [0, 0.1) is 0 Å². The van der Waals surface area contributed by atoms with Gasteiger partial charge in [-0.15, -0.1) is 0 Å². The van der Waals surface area contributed by atoms with Crippen LogP contribution in [0.1, 0.15) is 44.9 Å². The fourth-order valence-corrected chi connectivity index (χ4v) is 2.93. The highest BCUT2D eigenvalue weighted by atomic mass is 16.1. The Bertz CT molecular complexity index is 483. The zero-order chi connectivity index (χ0) is 16.2. The van der Waals surface area contributed by atoms with Crippen molar-refractivity contribution in [2.75, 3.05) is 26.7 Å². The Morgan fingerprint density at radius 2 is 2.09 bits per heavy atom. The van der Waals surface area contributed by atoms with Crippen molar-refractivity contribution in [1.29, 1.82) is 0 Å². The second-order valence-electron chi connectivity index (χ2n) is 7.12. The molecule has 2 heterocycles. The van der Waals surface area contributed by atoms with Crippen LogP contribution in [0.2, 0.25) is 0 Å². The smallest absolute Gasteiger partial charge is 0.233 e. The van der Waals surface area contributed by atoms with E-state index in [1.807, 2.05) is 6.20 Å². The zero-order valence-corrected chi connectivity index (χ0v) is 14.2. The van der Waals surface area contributed by atoms with Crippen LogP contribution in [0.3, 0.4) is 0 Å². The van der Waals surface area contributed by atoms with Crippen LogP contribution in [0.5, 0.6) is 0 Å². The largest absolute Gasteiger partial charge is 0.358 e. The van der Waals surface area contributed by atoms with Gasteiger partial charge in [0.1, 0.15) is 0 Å². The fourth-order valence-electron chi connectivity index (χ4n) is 2.93. The molecule has 0 aliphatic carbocycles. The molecule has 0 aromatic carbocycles. The molecule has 1 saturated heterocycles. The Hall–Kier alpha value is -1.40. The number of amides is 1. The molecule has 124 valence electrons. The molecule has 0 unspecified atom stereocenters. The number of hydrogen-bond acceptors (Lipinski definition) is 4. The predicted molar refractivity (Wildman–Crippen MR) is 87.7 cm³/mol. The van der Waals surface area contributed by atoms with E-state index in [4.69, 9.17) is 0 Å². The molecule has 1 amide bonds. The SMILES string of the molecule is CNC(=O)CN1CCC(NCc2cn[nH]c2C(C)(C)C)CC1. The first-order valence-corrected chi connectivity index (χ1v) is 8.09. The number of aromatic amines is 1. The Morgan fingerprint density at radius 1 is 1.41 bits per heavy atom. The predicted octanol–water partition coefficient (Wildman–Crippen LogP) is 1.01. The van der Waals surface area contributed by atoms with Crippen molar-refractivity contribution >= 4 is 5.91 Å². The van der Waals surface area contributed by atoms with Gasteiger partial charge < -0.3 is 10.6 Å². The minimum Gasteiger partial charge on any atom is -0.358 e. The van der Waals surface area contributed by atoms with Gasteiger partial charge in [-0.3, -0.25) is 14.8 Å². The first-order chi connectivity index (χ1) is 10.4. The van der Waals surface area contributed by atoms with Gasteiger partial charge in [-0.05, 0) is 12.8 Å². The van der Waals surface area contributed by atoms with Gasteiger partial charge in [-0.2, -0.15) is 5.10 Å². The normalized spacial score (nSPS) is 17.6. The number of carbonyl (C=O) groups is 1. The number of carbonyl (C=O) groups excluding carboxylic acids is 1. The highest BCUT2D eigenvalue weighted by Gasteiger charge is 2.23. The second kappa shape index (κ2) is 7.24. The summed E-state index contributed by atoms with van der Waals surface area (Å²) in [4.78, 5) is 13.6. The molecule has 0 saturated carbocycles. The second-order valence-corrected chi connectivity index (χ2v) is 7.12. The van der Waals surface area contributed by atoms with Crippen molar-refractivity contribution in [3.63, 3.8) is 0 Å². The van der Waals surface area contributed by atoms with Gasteiger partial charge in [0.15, 0.2) is 0 Å². The summed E-state index contributed by atoms with van der Waals surface area (Å²) < 4.78 is 0. The van der Waals surface area contributed by atoms with Crippen LogP contribution in [0.25, 0.3) is 0 Å². The highest BCUT2D eigenvalue weighted by Crippen LogP contribution is 2.23. The summed E-state index contributed by atoms with van der Waals surface area (Å²) in [6.45, 7) is 9.90. The summed E-state index contributed by atoms with van der Waals surface area (Å²) in [5.74, 6) is 0.0969. The average molecular weight is 307 g/mol. The van der Waals surface area contributed by atoms with Crippen molar-refractivity contribution in [2.24, 2.45) is 0 Å². The van der Waals surface area contributed by atoms with Gasteiger partial charge in [-0.1, -0.05) is 20.8 Å². The fraction of sp³-hybridized carbons (Fsp3) is 0.750. The van der Waals surface area contributed by atoms with Crippen LogP contribution in [-0.2, 0) is 16.8 Å². The lowest BCUT2D eigenvalue weighted by molar-refractivity contribution is -0.122. The maximum Gasteiger partial charge on any atom is 0.233 e. The maximum absolute atomic E-state index is 11.4. The summed E-state index contributed by atoms with van der Waals surface area (Å²) in [6, 6.07) is 0.517. The third-order valence-electron chi connectivity index (χ3n) is 4.28. The van der Waals surface area contributed by atoms with Crippen LogP contribution >= 0.6 is 0 Å². The van der Waals surface area contributed by atoms with Crippen molar-refractivity contribution in [1.82, 2.24) is 25.7 Å². The third-order valence-corrected chi connectivity index (χ3v) is 4.28. The van der Waals surface area contributed by atoms with Gasteiger partial charge in [0.2, 0.25) is 5.91 Å². The lowest BCUT2D eigenvalue weighted by atomic mass is 9.89. The summed E-state index contributed by atoms with van der Waals surface area (Å²) in [6.07, 6.45) is 4.09. The molecule has 2 rings (SSSR count). The van der Waals surface area contributed by atoms with Gasteiger partial charge >= 0.3 is 0 Å². The minimum atomic E-state index is 0.0877. The molecule has 0 atom stereocenters. The molecule has 0 spiro atoms. The van der Waals surface area contributed by atoms with E-state index in [9.17, 15) is 4.79 Å². The van der Waals surface area contributed by atoms with Crippen LogP contribution in [0.15, 0.2) is 6.20 Å². The lowest BCUT2D eigenvalue weighted by Crippen LogP contribution is -2.45. The Morgan fingerprint density at radius 3 is 2.68 bits per heavy atom. The monoisotopic (exact) mass is 307 g/mol. The zero-order valence-electron chi connectivity index (χ0n) is 14.2. The van der Waals surface area contributed by atoms with Crippen molar-refractivity contribution in [3.8, 4) is 0 Å². The summed E-state index contributed by atoms with van der Waals surface area (Å²) in [5.41, 5.74) is 2.54. The van der Waals surface area contributed by atoms with E-state index >= 15 is 0 Å². The molecular weight excluding hydrogens is 278 g/mol. The van der Waals surface area contributed by atoms with Crippen molar-refractivity contribution < 1.29 is 4.79 Å². The maximum atomic E-state index is 11.4. The minimum absolute atomic E-state index is 0.0877. The van der Waals surface area contributed by atoms with Crippen LogP contribution in [0.4, 0.5) is 0 Å². The summed E-state index contributed by atoms with van der Waals surface area (Å²) in [5, 5.41) is 13.6.